The zero-order valence-electron chi connectivity index (χ0n) is 6.82. The molecule has 0 aliphatic rings. The second-order valence-corrected chi connectivity index (χ2v) is 2.31. The standard InChI is InChI=1S/C8H8N4O/c9-4-7-3-6(1-2-11-7)8(13)12-5-10/h1-3H,4,9H2,(H,12,13). The minimum Gasteiger partial charge on any atom is -0.325 e. The molecule has 0 atom stereocenters. The number of carbonyl (C=O) groups excluding carboxylic acids is 1. The smallest absolute Gasteiger partial charge is 0.264 e. The van der Waals surface area contributed by atoms with E-state index in [-0.39, 0.29) is 6.54 Å². The van der Waals surface area contributed by atoms with Gasteiger partial charge < -0.3 is 5.73 Å². The Kier molecular flexibility index (Phi) is 2.95. The summed E-state index contributed by atoms with van der Waals surface area (Å²) in [5.41, 5.74) is 6.34. The fourth-order valence-electron chi connectivity index (χ4n) is 0.854. The lowest BCUT2D eigenvalue weighted by Gasteiger charge is -1.99. The van der Waals surface area contributed by atoms with Crippen molar-refractivity contribution in [1.82, 2.24) is 10.3 Å². The van der Waals surface area contributed by atoms with Crippen LogP contribution < -0.4 is 11.1 Å². The van der Waals surface area contributed by atoms with Crippen molar-refractivity contribution in [1.29, 1.82) is 5.26 Å². The van der Waals surface area contributed by atoms with Crippen LogP contribution in [0, 0.1) is 11.5 Å². The van der Waals surface area contributed by atoms with Crippen LogP contribution in [0.15, 0.2) is 18.3 Å². The monoisotopic (exact) mass is 176 g/mol. The maximum Gasteiger partial charge on any atom is 0.264 e. The molecule has 0 aliphatic heterocycles. The topological polar surface area (TPSA) is 91.8 Å². The van der Waals surface area contributed by atoms with Crippen LogP contribution in [0.5, 0.6) is 0 Å². The van der Waals surface area contributed by atoms with Gasteiger partial charge in [-0.25, -0.2) is 0 Å². The first-order valence-electron chi connectivity index (χ1n) is 3.62. The number of rotatable bonds is 2. The number of nitrogens with zero attached hydrogens (tertiary/aromatic N) is 2. The van der Waals surface area contributed by atoms with Gasteiger partial charge in [0.05, 0.1) is 5.69 Å². The largest absolute Gasteiger partial charge is 0.325 e. The Morgan fingerprint density at radius 2 is 2.54 bits per heavy atom. The van der Waals surface area contributed by atoms with E-state index in [2.05, 4.69) is 4.98 Å². The van der Waals surface area contributed by atoms with Crippen LogP contribution in [0.1, 0.15) is 16.1 Å². The minimum absolute atomic E-state index is 0.272. The summed E-state index contributed by atoms with van der Waals surface area (Å²) in [5, 5.41) is 10.2. The van der Waals surface area contributed by atoms with Crippen molar-refractivity contribution < 1.29 is 4.79 Å². The lowest BCUT2D eigenvalue weighted by molar-refractivity contribution is 0.0972. The Hall–Kier alpha value is -1.93. The van der Waals surface area contributed by atoms with E-state index in [1.165, 1.54) is 12.3 Å². The average Bonchev–Trinajstić information content (AvgIpc) is 2.18. The first-order chi connectivity index (χ1) is 6.27. The van der Waals surface area contributed by atoms with E-state index in [0.717, 1.165) is 0 Å². The number of nitriles is 1. The Morgan fingerprint density at radius 3 is 3.15 bits per heavy atom. The molecule has 0 bridgehead atoms. The van der Waals surface area contributed by atoms with Crippen molar-refractivity contribution in [3.8, 4) is 6.19 Å². The van der Waals surface area contributed by atoms with Crippen molar-refractivity contribution in [2.75, 3.05) is 0 Å². The number of pyridine rings is 1. The molecule has 5 nitrogen and oxygen atoms in total. The van der Waals surface area contributed by atoms with E-state index in [1.807, 2.05) is 5.32 Å². The molecule has 0 spiro atoms. The second kappa shape index (κ2) is 4.18. The van der Waals surface area contributed by atoms with E-state index in [0.29, 0.717) is 11.3 Å². The third-order valence-corrected chi connectivity index (χ3v) is 1.46. The molecule has 0 unspecified atom stereocenters. The van der Waals surface area contributed by atoms with Gasteiger partial charge in [-0.2, -0.15) is 5.26 Å². The van der Waals surface area contributed by atoms with Crippen LogP contribution in [0.2, 0.25) is 0 Å². The molecule has 0 saturated heterocycles. The highest BCUT2D eigenvalue weighted by molar-refractivity contribution is 5.95. The molecule has 0 saturated carbocycles. The fourth-order valence-corrected chi connectivity index (χ4v) is 0.854. The van der Waals surface area contributed by atoms with Crippen LogP contribution in [0.3, 0.4) is 0 Å². The minimum atomic E-state index is -0.445. The molecule has 0 aliphatic carbocycles. The van der Waals surface area contributed by atoms with Crippen molar-refractivity contribution in [3.63, 3.8) is 0 Å². The highest BCUT2D eigenvalue weighted by atomic mass is 16.1. The third kappa shape index (κ3) is 2.25. The molecule has 3 N–H and O–H groups in total. The lowest BCUT2D eigenvalue weighted by Crippen LogP contribution is -2.17. The van der Waals surface area contributed by atoms with Crippen molar-refractivity contribution in [2.45, 2.75) is 6.54 Å². The zero-order chi connectivity index (χ0) is 9.68. The molecule has 5 heteroatoms. The maximum absolute atomic E-state index is 11.1. The summed E-state index contributed by atoms with van der Waals surface area (Å²) in [6.45, 7) is 0.272. The summed E-state index contributed by atoms with van der Waals surface area (Å²) >= 11 is 0. The van der Waals surface area contributed by atoms with Crippen molar-refractivity contribution >= 4 is 5.91 Å². The predicted molar refractivity (Wildman–Crippen MR) is 45.2 cm³/mol. The maximum atomic E-state index is 11.1. The summed E-state index contributed by atoms with van der Waals surface area (Å²) < 4.78 is 0. The van der Waals surface area contributed by atoms with Gasteiger partial charge in [-0.3, -0.25) is 15.1 Å². The summed E-state index contributed by atoms with van der Waals surface area (Å²) in [4.78, 5) is 15.0. The molecular formula is C8H8N4O. The Bertz CT molecular complexity index is 355. The molecule has 66 valence electrons. The van der Waals surface area contributed by atoms with E-state index in [9.17, 15) is 4.79 Å². The molecule has 1 heterocycles. The molecule has 0 fully saturated rings. The van der Waals surface area contributed by atoms with Crippen LogP contribution >= 0.6 is 0 Å². The van der Waals surface area contributed by atoms with Crippen LogP contribution in [-0.2, 0) is 6.54 Å². The van der Waals surface area contributed by atoms with Gasteiger partial charge in [-0.1, -0.05) is 0 Å². The number of nitrogens with one attached hydrogen (secondary N) is 1. The van der Waals surface area contributed by atoms with Crippen molar-refractivity contribution in [3.05, 3.63) is 29.6 Å². The molecule has 1 aromatic heterocycles. The van der Waals surface area contributed by atoms with Gasteiger partial charge >= 0.3 is 0 Å². The van der Waals surface area contributed by atoms with Crippen LogP contribution in [-0.4, -0.2) is 10.9 Å². The quantitative estimate of drug-likeness (QED) is 0.480. The highest BCUT2D eigenvalue weighted by Gasteiger charge is 2.04. The van der Waals surface area contributed by atoms with Gasteiger partial charge in [0.25, 0.3) is 5.91 Å². The second-order valence-electron chi connectivity index (χ2n) is 2.31. The predicted octanol–water partition coefficient (Wildman–Crippen LogP) is -0.249. The number of carbonyl (C=O) groups is 1. The first-order valence-corrected chi connectivity index (χ1v) is 3.62. The summed E-state index contributed by atoms with van der Waals surface area (Å²) in [7, 11) is 0. The molecule has 0 aromatic carbocycles. The number of hydrogen-bond donors (Lipinski definition) is 2. The number of aromatic nitrogens is 1. The van der Waals surface area contributed by atoms with Gasteiger partial charge in [-0.15, -0.1) is 0 Å². The third-order valence-electron chi connectivity index (χ3n) is 1.46. The summed E-state index contributed by atoms with van der Waals surface area (Å²) in [6.07, 6.45) is 3.03. The van der Waals surface area contributed by atoms with Gasteiger partial charge in [-0.05, 0) is 12.1 Å². The molecule has 1 rings (SSSR count). The molecule has 13 heavy (non-hydrogen) atoms. The number of nitrogens with two attached hydrogens (primary N) is 1. The van der Waals surface area contributed by atoms with E-state index >= 15 is 0 Å². The zero-order valence-corrected chi connectivity index (χ0v) is 6.82. The van der Waals surface area contributed by atoms with Crippen molar-refractivity contribution in [2.24, 2.45) is 5.73 Å². The van der Waals surface area contributed by atoms with Gasteiger partial charge in [0.15, 0.2) is 6.19 Å². The average molecular weight is 176 g/mol. The van der Waals surface area contributed by atoms with E-state index < -0.39 is 5.91 Å². The van der Waals surface area contributed by atoms with Crippen LogP contribution in [0.4, 0.5) is 0 Å². The number of amides is 1. The number of hydrogen-bond acceptors (Lipinski definition) is 4. The van der Waals surface area contributed by atoms with Crippen LogP contribution in [0.25, 0.3) is 0 Å². The normalized spacial score (nSPS) is 8.92. The van der Waals surface area contributed by atoms with Gasteiger partial charge in [0.2, 0.25) is 0 Å². The highest BCUT2D eigenvalue weighted by Crippen LogP contribution is 2.00. The molecule has 0 radical (unpaired) electrons. The van der Waals surface area contributed by atoms with Gasteiger partial charge in [0.1, 0.15) is 0 Å². The summed E-state index contributed by atoms with van der Waals surface area (Å²) in [5.74, 6) is -0.445. The molecular weight excluding hydrogens is 168 g/mol. The van der Waals surface area contributed by atoms with Gasteiger partial charge in [0, 0.05) is 18.3 Å². The Labute approximate surface area is 75.2 Å². The van der Waals surface area contributed by atoms with E-state index in [1.54, 1.807) is 12.3 Å². The molecule has 1 aromatic rings. The SMILES string of the molecule is N#CNC(=O)c1ccnc(CN)c1. The Balaban J connectivity index is 2.89. The fraction of sp³-hybridized carbons (Fsp3) is 0.125. The molecule has 1 amide bonds. The first kappa shape index (κ1) is 9.16. The Morgan fingerprint density at radius 1 is 1.77 bits per heavy atom. The summed E-state index contributed by atoms with van der Waals surface area (Å²) in [6, 6.07) is 3.07. The lowest BCUT2D eigenvalue weighted by atomic mass is 10.2. The van der Waals surface area contributed by atoms with E-state index in [4.69, 9.17) is 11.0 Å².